The second kappa shape index (κ2) is 6.07. The molecule has 0 heterocycles. The molecule has 0 fully saturated rings. The van der Waals surface area contributed by atoms with E-state index in [0.29, 0.717) is 10.6 Å². The largest absolute Gasteiger partial charge is 0.377 e. The number of nitro groups is 1. The zero-order chi connectivity index (χ0) is 14.7. The standard InChI is InChI=1S/C13H9Cl2FN2O2/c14-9-4-5-12(18(19)20)8(6-9)7-17-13-10(15)2-1-3-11(13)16/h1-6,17H,7H2. The Morgan fingerprint density at radius 1 is 1.25 bits per heavy atom. The van der Waals surface area contributed by atoms with Gasteiger partial charge >= 0.3 is 0 Å². The summed E-state index contributed by atoms with van der Waals surface area (Å²) in [7, 11) is 0. The minimum Gasteiger partial charge on any atom is -0.377 e. The normalized spacial score (nSPS) is 10.3. The molecular formula is C13H9Cl2FN2O2. The number of hydrogen-bond acceptors (Lipinski definition) is 3. The third kappa shape index (κ3) is 3.18. The van der Waals surface area contributed by atoms with Crippen molar-refractivity contribution < 1.29 is 9.31 Å². The van der Waals surface area contributed by atoms with Crippen molar-refractivity contribution in [3.63, 3.8) is 0 Å². The molecule has 0 aliphatic heterocycles. The molecule has 0 aliphatic rings. The van der Waals surface area contributed by atoms with E-state index in [4.69, 9.17) is 23.2 Å². The molecule has 0 radical (unpaired) electrons. The van der Waals surface area contributed by atoms with Crippen molar-refractivity contribution >= 4 is 34.6 Å². The highest BCUT2D eigenvalue weighted by molar-refractivity contribution is 6.33. The third-order valence-electron chi connectivity index (χ3n) is 2.66. The van der Waals surface area contributed by atoms with E-state index in [-0.39, 0.29) is 22.9 Å². The number of para-hydroxylation sites is 1. The van der Waals surface area contributed by atoms with E-state index in [1.807, 2.05) is 0 Å². The van der Waals surface area contributed by atoms with Gasteiger partial charge in [-0.2, -0.15) is 0 Å². The van der Waals surface area contributed by atoms with Gasteiger partial charge in [-0.3, -0.25) is 10.1 Å². The lowest BCUT2D eigenvalue weighted by Gasteiger charge is -2.10. The lowest BCUT2D eigenvalue weighted by molar-refractivity contribution is -0.385. The Bertz CT molecular complexity index is 645. The first-order chi connectivity index (χ1) is 9.49. The maximum Gasteiger partial charge on any atom is 0.274 e. The molecule has 4 nitrogen and oxygen atoms in total. The highest BCUT2D eigenvalue weighted by atomic mass is 35.5. The van der Waals surface area contributed by atoms with Gasteiger partial charge in [0.2, 0.25) is 0 Å². The molecule has 0 unspecified atom stereocenters. The van der Waals surface area contributed by atoms with Gasteiger partial charge in [-0.15, -0.1) is 0 Å². The SMILES string of the molecule is O=[N+]([O-])c1ccc(Cl)cc1CNc1c(F)cccc1Cl. The summed E-state index contributed by atoms with van der Waals surface area (Å²) in [5.74, 6) is -0.526. The topological polar surface area (TPSA) is 55.2 Å². The van der Waals surface area contributed by atoms with Gasteiger partial charge in [0.25, 0.3) is 5.69 Å². The molecule has 0 aliphatic carbocycles. The van der Waals surface area contributed by atoms with Crippen LogP contribution in [-0.2, 0) is 6.54 Å². The first-order valence-electron chi connectivity index (χ1n) is 5.59. The van der Waals surface area contributed by atoms with Gasteiger partial charge in [-0.1, -0.05) is 29.3 Å². The molecule has 0 aromatic heterocycles. The Kier molecular flexibility index (Phi) is 4.42. The minimum absolute atomic E-state index is 0.0392. The van der Waals surface area contributed by atoms with Crippen LogP contribution in [0, 0.1) is 15.9 Å². The Morgan fingerprint density at radius 3 is 2.65 bits per heavy atom. The van der Waals surface area contributed by atoms with Crippen LogP contribution in [0.4, 0.5) is 15.8 Å². The molecule has 2 rings (SSSR count). The van der Waals surface area contributed by atoms with E-state index < -0.39 is 10.7 Å². The average molecular weight is 315 g/mol. The van der Waals surface area contributed by atoms with Gasteiger partial charge in [-0.25, -0.2) is 4.39 Å². The quantitative estimate of drug-likeness (QED) is 0.660. The van der Waals surface area contributed by atoms with E-state index in [2.05, 4.69) is 5.32 Å². The first kappa shape index (κ1) is 14.6. The summed E-state index contributed by atoms with van der Waals surface area (Å²) in [6.45, 7) is 0.0392. The van der Waals surface area contributed by atoms with Crippen molar-refractivity contribution in [2.24, 2.45) is 0 Å². The average Bonchev–Trinajstić information content (AvgIpc) is 2.37. The number of benzene rings is 2. The Hall–Kier alpha value is -1.85. The summed E-state index contributed by atoms with van der Waals surface area (Å²) >= 11 is 11.7. The highest BCUT2D eigenvalue weighted by Gasteiger charge is 2.15. The number of nitrogens with zero attached hydrogens (tertiary/aromatic N) is 1. The number of rotatable bonds is 4. The first-order valence-corrected chi connectivity index (χ1v) is 6.35. The number of hydrogen-bond donors (Lipinski definition) is 1. The van der Waals surface area contributed by atoms with Crippen molar-refractivity contribution in [1.82, 2.24) is 0 Å². The fourth-order valence-electron chi connectivity index (χ4n) is 1.72. The lowest BCUT2D eigenvalue weighted by Crippen LogP contribution is -2.05. The second-order valence-corrected chi connectivity index (χ2v) is 4.82. The molecule has 0 bridgehead atoms. The molecule has 0 atom stereocenters. The molecule has 0 saturated heterocycles. The van der Waals surface area contributed by atoms with Crippen LogP contribution in [0.1, 0.15) is 5.56 Å². The number of anilines is 1. The molecule has 0 amide bonds. The number of halogens is 3. The number of nitrogens with one attached hydrogen (secondary N) is 1. The minimum atomic E-state index is -0.526. The summed E-state index contributed by atoms with van der Waals surface area (Å²) in [5, 5.41) is 14.2. The molecule has 1 N–H and O–H groups in total. The van der Waals surface area contributed by atoms with Crippen LogP contribution >= 0.6 is 23.2 Å². The fourth-order valence-corrected chi connectivity index (χ4v) is 2.15. The monoisotopic (exact) mass is 314 g/mol. The molecule has 7 heteroatoms. The van der Waals surface area contributed by atoms with Crippen LogP contribution in [0.2, 0.25) is 10.0 Å². The van der Waals surface area contributed by atoms with Gasteiger partial charge in [-0.05, 0) is 24.3 Å². The summed E-state index contributed by atoms with van der Waals surface area (Å²) in [6, 6.07) is 8.45. The lowest BCUT2D eigenvalue weighted by atomic mass is 10.1. The molecule has 20 heavy (non-hydrogen) atoms. The van der Waals surface area contributed by atoms with Gasteiger partial charge < -0.3 is 5.32 Å². The van der Waals surface area contributed by atoms with Crippen LogP contribution < -0.4 is 5.32 Å². The predicted octanol–water partition coefficient (Wildman–Crippen LogP) is 4.65. The molecule has 0 saturated carbocycles. The van der Waals surface area contributed by atoms with Crippen LogP contribution in [0.3, 0.4) is 0 Å². The van der Waals surface area contributed by atoms with E-state index in [0.717, 1.165) is 0 Å². The van der Waals surface area contributed by atoms with E-state index in [9.17, 15) is 14.5 Å². The van der Waals surface area contributed by atoms with Gasteiger partial charge in [0.15, 0.2) is 0 Å². The third-order valence-corrected chi connectivity index (χ3v) is 3.21. The Balaban J connectivity index is 2.27. The molecule has 2 aromatic carbocycles. The van der Waals surface area contributed by atoms with Crippen molar-refractivity contribution in [2.45, 2.75) is 6.54 Å². The van der Waals surface area contributed by atoms with Crippen molar-refractivity contribution in [3.8, 4) is 0 Å². The van der Waals surface area contributed by atoms with Crippen LogP contribution in [0.5, 0.6) is 0 Å². The van der Waals surface area contributed by atoms with Gasteiger partial charge in [0.1, 0.15) is 5.82 Å². The van der Waals surface area contributed by atoms with Crippen LogP contribution in [0.25, 0.3) is 0 Å². The summed E-state index contributed by atoms with van der Waals surface area (Å²) in [4.78, 5) is 10.4. The zero-order valence-electron chi connectivity index (χ0n) is 10.1. The smallest absolute Gasteiger partial charge is 0.274 e. The maximum atomic E-state index is 13.6. The summed E-state index contributed by atoms with van der Waals surface area (Å²) in [6.07, 6.45) is 0. The molecule has 2 aromatic rings. The van der Waals surface area contributed by atoms with Gasteiger partial charge in [0, 0.05) is 17.6 Å². The molecule has 104 valence electrons. The fraction of sp³-hybridized carbons (Fsp3) is 0.0769. The van der Waals surface area contributed by atoms with Gasteiger partial charge in [0.05, 0.1) is 21.2 Å². The highest BCUT2D eigenvalue weighted by Crippen LogP contribution is 2.27. The van der Waals surface area contributed by atoms with Crippen LogP contribution in [-0.4, -0.2) is 4.92 Å². The zero-order valence-corrected chi connectivity index (χ0v) is 11.6. The van der Waals surface area contributed by atoms with Crippen molar-refractivity contribution in [3.05, 3.63) is 67.9 Å². The summed E-state index contributed by atoms with van der Waals surface area (Å²) < 4.78 is 13.6. The Labute approximate surface area is 124 Å². The summed E-state index contributed by atoms with van der Waals surface area (Å²) in [5.41, 5.74) is 0.361. The second-order valence-electron chi connectivity index (χ2n) is 3.98. The van der Waals surface area contributed by atoms with E-state index in [1.165, 1.54) is 36.4 Å². The van der Waals surface area contributed by atoms with Crippen molar-refractivity contribution in [2.75, 3.05) is 5.32 Å². The maximum absolute atomic E-state index is 13.6. The van der Waals surface area contributed by atoms with Crippen molar-refractivity contribution in [1.29, 1.82) is 0 Å². The molecular weight excluding hydrogens is 306 g/mol. The van der Waals surface area contributed by atoms with E-state index >= 15 is 0 Å². The predicted molar refractivity (Wildman–Crippen MR) is 76.8 cm³/mol. The van der Waals surface area contributed by atoms with Crippen LogP contribution in [0.15, 0.2) is 36.4 Å². The number of nitro benzene ring substituents is 1. The van der Waals surface area contributed by atoms with E-state index in [1.54, 1.807) is 0 Å². The Morgan fingerprint density at radius 2 is 2.00 bits per heavy atom. The molecule has 0 spiro atoms.